The second kappa shape index (κ2) is 8.34. The number of anilines is 1. The van der Waals surface area contributed by atoms with Crippen LogP contribution in [0.3, 0.4) is 0 Å². The molecule has 1 aliphatic heterocycles. The Bertz CT molecular complexity index is 932. The molecule has 29 heavy (non-hydrogen) atoms. The molecule has 0 bridgehead atoms. The van der Waals surface area contributed by atoms with Crippen molar-refractivity contribution in [3.8, 4) is 0 Å². The van der Waals surface area contributed by atoms with Crippen molar-refractivity contribution in [2.45, 2.75) is 37.8 Å². The fourth-order valence-corrected chi connectivity index (χ4v) is 3.38. The first kappa shape index (κ1) is 21.0. The van der Waals surface area contributed by atoms with Gasteiger partial charge in [0.2, 0.25) is 5.91 Å². The number of aromatic nitrogens is 2. The minimum atomic E-state index is -2.99. The summed E-state index contributed by atoms with van der Waals surface area (Å²) in [7, 11) is 0. The van der Waals surface area contributed by atoms with Crippen LogP contribution in [0.5, 0.6) is 0 Å². The topological polar surface area (TPSA) is 104 Å². The fraction of sp³-hybridized carbons (Fsp3) is 0.421. The molecule has 156 valence electrons. The first-order chi connectivity index (χ1) is 13.7. The summed E-state index contributed by atoms with van der Waals surface area (Å²) in [6, 6.07) is 3.17. The molecular formula is C19H22F3N5O2. The number of likely N-dealkylation sites (tertiary alicyclic amines) is 1. The molecule has 2 atom stereocenters. The Balaban J connectivity index is 1.76. The van der Waals surface area contributed by atoms with Crippen molar-refractivity contribution in [1.29, 1.82) is 0 Å². The summed E-state index contributed by atoms with van der Waals surface area (Å²) in [5.74, 6) is -4.98. The lowest BCUT2D eigenvalue weighted by molar-refractivity contribution is -0.125. The molecule has 1 aliphatic rings. The van der Waals surface area contributed by atoms with E-state index in [1.807, 2.05) is 0 Å². The smallest absolute Gasteiger partial charge is 0.257 e. The molecular weight excluding hydrogens is 387 g/mol. The number of hydrogen-bond acceptors (Lipinski definition) is 5. The molecule has 2 aromatic heterocycles. The van der Waals surface area contributed by atoms with Crippen molar-refractivity contribution in [2.24, 2.45) is 5.73 Å². The highest BCUT2D eigenvalue weighted by Crippen LogP contribution is 2.40. The van der Waals surface area contributed by atoms with Crippen LogP contribution in [0.2, 0.25) is 0 Å². The Morgan fingerprint density at radius 3 is 2.90 bits per heavy atom. The summed E-state index contributed by atoms with van der Waals surface area (Å²) in [4.78, 5) is 32.1. The molecule has 1 amide bonds. The number of amides is 1. The highest BCUT2D eigenvalue weighted by atomic mass is 19.3. The van der Waals surface area contributed by atoms with Crippen molar-refractivity contribution in [1.82, 2.24) is 14.9 Å². The number of carbonyl (C=O) groups is 1. The van der Waals surface area contributed by atoms with Gasteiger partial charge >= 0.3 is 0 Å². The Hall–Kier alpha value is -2.72. The van der Waals surface area contributed by atoms with E-state index in [1.165, 1.54) is 18.3 Å². The van der Waals surface area contributed by atoms with Gasteiger partial charge in [-0.15, -0.1) is 0 Å². The molecule has 0 aliphatic carbocycles. The molecule has 3 rings (SSSR count). The Labute approximate surface area is 165 Å². The van der Waals surface area contributed by atoms with Gasteiger partial charge in [-0.3, -0.25) is 14.5 Å². The van der Waals surface area contributed by atoms with Gasteiger partial charge in [0.1, 0.15) is 11.6 Å². The normalized spacial score (nSPS) is 20.2. The first-order valence-electron chi connectivity index (χ1n) is 9.17. The SMILES string of the molecule is C[C@@H](C(=O)Nc1ccc(F)cn1)N1CCC(F)(F)[C@@H](c2c[nH]c(=O)c(CN)c2)C1. The molecule has 2 aromatic rings. The van der Waals surface area contributed by atoms with Crippen molar-refractivity contribution in [2.75, 3.05) is 18.4 Å². The Kier molecular flexibility index (Phi) is 6.04. The van der Waals surface area contributed by atoms with E-state index in [0.717, 1.165) is 12.3 Å². The summed E-state index contributed by atoms with van der Waals surface area (Å²) in [6.45, 7) is 1.50. The number of nitrogens with zero attached hydrogens (tertiary/aromatic N) is 2. The molecule has 3 heterocycles. The number of rotatable bonds is 5. The van der Waals surface area contributed by atoms with Crippen LogP contribution in [0.15, 0.2) is 35.4 Å². The number of halogens is 3. The van der Waals surface area contributed by atoms with Crippen LogP contribution in [0.4, 0.5) is 19.0 Å². The van der Waals surface area contributed by atoms with Crippen molar-refractivity contribution >= 4 is 11.7 Å². The minimum Gasteiger partial charge on any atom is -0.329 e. The summed E-state index contributed by atoms with van der Waals surface area (Å²) >= 11 is 0. The molecule has 1 saturated heterocycles. The molecule has 0 spiro atoms. The second-order valence-electron chi connectivity index (χ2n) is 7.08. The zero-order valence-electron chi connectivity index (χ0n) is 15.8. The molecule has 0 radical (unpaired) electrons. The summed E-state index contributed by atoms with van der Waals surface area (Å²) in [6.07, 6.45) is 1.82. The van der Waals surface area contributed by atoms with Gasteiger partial charge in [-0.05, 0) is 30.7 Å². The lowest BCUT2D eigenvalue weighted by Crippen LogP contribution is -2.52. The number of alkyl halides is 2. The van der Waals surface area contributed by atoms with Gasteiger partial charge in [0.05, 0.1) is 18.2 Å². The van der Waals surface area contributed by atoms with Crippen molar-refractivity contribution in [3.63, 3.8) is 0 Å². The van der Waals surface area contributed by atoms with E-state index in [2.05, 4.69) is 15.3 Å². The fourth-order valence-electron chi connectivity index (χ4n) is 3.38. The van der Waals surface area contributed by atoms with Crippen LogP contribution < -0.4 is 16.6 Å². The number of nitrogens with two attached hydrogens (primary N) is 1. The van der Waals surface area contributed by atoms with Gasteiger partial charge in [0, 0.05) is 37.8 Å². The Morgan fingerprint density at radius 1 is 1.48 bits per heavy atom. The monoisotopic (exact) mass is 409 g/mol. The van der Waals surface area contributed by atoms with Crippen LogP contribution in [0, 0.1) is 5.82 Å². The van der Waals surface area contributed by atoms with E-state index >= 15 is 0 Å². The van der Waals surface area contributed by atoms with Crippen LogP contribution in [-0.2, 0) is 11.3 Å². The van der Waals surface area contributed by atoms with Gasteiger partial charge in [-0.1, -0.05) is 0 Å². The van der Waals surface area contributed by atoms with Gasteiger partial charge in [0.25, 0.3) is 11.5 Å². The quantitative estimate of drug-likeness (QED) is 0.699. The molecule has 0 aromatic carbocycles. The lowest BCUT2D eigenvalue weighted by Gasteiger charge is -2.40. The number of nitrogens with one attached hydrogen (secondary N) is 2. The maximum atomic E-state index is 14.6. The van der Waals surface area contributed by atoms with Gasteiger partial charge in [-0.25, -0.2) is 18.2 Å². The molecule has 7 nitrogen and oxygen atoms in total. The number of aromatic amines is 1. The molecule has 0 saturated carbocycles. The number of pyridine rings is 2. The van der Waals surface area contributed by atoms with Crippen molar-refractivity contribution < 1.29 is 18.0 Å². The van der Waals surface area contributed by atoms with E-state index in [9.17, 15) is 22.8 Å². The maximum Gasteiger partial charge on any atom is 0.257 e. The summed E-state index contributed by atoms with van der Waals surface area (Å²) < 4.78 is 42.2. The molecule has 4 N–H and O–H groups in total. The third-order valence-electron chi connectivity index (χ3n) is 5.19. The Morgan fingerprint density at radius 2 is 2.24 bits per heavy atom. The number of H-pyrrole nitrogens is 1. The zero-order valence-corrected chi connectivity index (χ0v) is 15.8. The zero-order chi connectivity index (χ0) is 21.2. The average molecular weight is 409 g/mol. The molecule has 10 heteroatoms. The summed E-state index contributed by atoms with van der Waals surface area (Å²) in [5, 5.41) is 2.56. The van der Waals surface area contributed by atoms with Gasteiger partial charge in [-0.2, -0.15) is 0 Å². The average Bonchev–Trinajstić information content (AvgIpc) is 2.69. The standard InChI is InChI=1S/C19H22F3N5O2/c1-11(17(28)26-16-3-2-14(20)9-24-16)27-5-4-19(21,22)15(10-27)13-6-12(7-23)18(29)25-8-13/h2-3,6,8-9,11,15H,4-5,7,10,23H2,1H3,(H,25,29)(H,24,26,28)/t11-,15+/m0/s1. The van der Waals surface area contributed by atoms with E-state index in [1.54, 1.807) is 11.8 Å². The second-order valence-corrected chi connectivity index (χ2v) is 7.08. The van der Waals surface area contributed by atoms with E-state index in [-0.39, 0.29) is 36.6 Å². The number of hydrogen-bond donors (Lipinski definition) is 3. The predicted octanol–water partition coefficient (Wildman–Crippen LogP) is 1.82. The molecule has 1 fully saturated rings. The van der Waals surface area contributed by atoms with Crippen molar-refractivity contribution in [3.05, 3.63) is 57.9 Å². The number of carbonyl (C=O) groups excluding carboxylic acids is 1. The van der Waals surface area contributed by atoms with Gasteiger partial charge in [0.15, 0.2) is 0 Å². The third kappa shape index (κ3) is 4.65. The van der Waals surface area contributed by atoms with Crippen LogP contribution >= 0.6 is 0 Å². The van der Waals surface area contributed by atoms with E-state index in [4.69, 9.17) is 5.73 Å². The lowest BCUT2D eigenvalue weighted by atomic mass is 9.86. The maximum absolute atomic E-state index is 14.6. The van der Waals surface area contributed by atoms with Gasteiger partial charge < -0.3 is 16.0 Å². The van der Waals surface area contributed by atoms with Crippen LogP contribution in [-0.4, -0.2) is 45.8 Å². The van der Waals surface area contributed by atoms with Crippen LogP contribution in [0.25, 0.3) is 0 Å². The molecule has 0 unspecified atom stereocenters. The van der Waals surface area contributed by atoms with E-state index in [0.29, 0.717) is 0 Å². The van der Waals surface area contributed by atoms with Crippen LogP contribution in [0.1, 0.15) is 30.4 Å². The first-order valence-corrected chi connectivity index (χ1v) is 9.17. The highest BCUT2D eigenvalue weighted by Gasteiger charge is 2.46. The number of piperidine rings is 1. The third-order valence-corrected chi connectivity index (χ3v) is 5.19. The summed E-state index contributed by atoms with van der Waals surface area (Å²) in [5.41, 5.74) is 5.60. The minimum absolute atomic E-state index is 0.0298. The largest absolute Gasteiger partial charge is 0.329 e. The predicted molar refractivity (Wildman–Crippen MR) is 101 cm³/mol. The highest BCUT2D eigenvalue weighted by molar-refractivity contribution is 5.93. The van der Waals surface area contributed by atoms with E-state index < -0.39 is 41.6 Å².